The number of carbonyl (C=O) groups excluding carboxylic acids is 1. The van der Waals surface area contributed by atoms with E-state index in [9.17, 15) is 4.79 Å². The topological polar surface area (TPSA) is 33.2 Å². The average Bonchev–Trinajstić information content (AvgIpc) is 2.62. The van der Waals surface area contributed by atoms with E-state index in [1.165, 1.54) is 11.3 Å². The molecule has 3 nitrogen and oxygen atoms in total. The predicted octanol–water partition coefficient (Wildman–Crippen LogP) is 2.44. The van der Waals surface area contributed by atoms with Crippen LogP contribution in [0.25, 0.3) is 18.2 Å². The standard InChI is InChI=1S/C21H16N2O/c1-23-17(12-10-16-5-2-3-7-19(16)23)11-9-15-13-14-22-21-18(15)6-4-8-20(21)24/h2-14H,1H3. The van der Waals surface area contributed by atoms with E-state index in [0.717, 1.165) is 16.1 Å². The van der Waals surface area contributed by atoms with Crippen LogP contribution in [0.5, 0.6) is 0 Å². The van der Waals surface area contributed by atoms with E-state index in [2.05, 4.69) is 47.3 Å². The number of hydrogen-bond acceptors (Lipinski definition) is 3. The van der Waals surface area contributed by atoms with Crippen molar-refractivity contribution < 1.29 is 4.79 Å². The summed E-state index contributed by atoms with van der Waals surface area (Å²) in [6.45, 7) is 0. The summed E-state index contributed by atoms with van der Waals surface area (Å²) in [4.78, 5) is 18.3. The van der Waals surface area contributed by atoms with Gasteiger partial charge in [0.2, 0.25) is 5.78 Å². The van der Waals surface area contributed by atoms with Gasteiger partial charge in [-0.05, 0) is 41.1 Å². The van der Waals surface area contributed by atoms with Gasteiger partial charge in [0.05, 0.1) is 0 Å². The number of pyridine rings is 1. The zero-order valence-electron chi connectivity index (χ0n) is 13.3. The molecule has 0 unspecified atom stereocenters. The van der Waals surface area contributed by atoms with Crippen molar-refractivity contribution in [1.29, 1.82) is 0 Å². The lowest BCUT2D eigenvalue weighted by Crippen LogP contribution is -2.33. The number of benzene rings is 1. The monoisotopic (exact) mass is 312 g/mol. The Bertz CT molecular complexity index is 1040. The maximum absolute atomic E-state index is 11.9. The van der Waals surface area contributed by atoms with Crippen molar-refractivity contribution >= 4 is 29.7 Å². The van der Waals surface area contributed by atoms with E-state index in [1.807, 2.05) is 30.4 Å². The van der Waals surface area contributed by atoms with Crippen molar-refractivity contribution in [3.05, 3.63) is 88.2 Å². The third kappa shape index (κ3) is 2.40. The Morgan fingerprint density at radius 2 is 1.92 bits per heavy atom. The van der Waals surface area contributed by atoms with Gasteiger partial charge in [0.15, 0.2) is 0 Å². The number of fused-ring (bicyclic) bond motifs is 2. The fourth-order valence-corrected chi connectivity index (χ4v) is 3.02. The minimum absolute atomic E-state index is 0.0426. The van der Waals surface area contributed by atoms with Crippen molar-refractivity contribution in [1.82, 2.24) is 4.98 Å². The molecule has 0 atom stereocenters. The number of aromatic nitrogens is 1. The Morgan fingerprint density at radius 1 is 1.04 bits per heavy atom. The number of anilines is 1. The zero-order valence-corrected chi connectivity index (χ0v) is 13.3. The van der Waals surface area contributed by atoms with Gasteiger partial charge in [-0.1, -0.05) is 42.5 Å². The molecule has 0 saturated carbocycles. The van der Waals surface area contributed by atoms with E-state index < -0.39 is 0 Å². The lowest BCUT2D eigenvalue weighted by Gasteiger charge is -2.26. The first kappa shape index (κ1) is 14.4. The number of para-hydroxylation sites is 1. The average molecular weight is 312 g/mol. The first-order chi connectivity index (χ1) is 11.7. The number of rotatable bonds is 1. The number of nitrogens with zero attached hydrogens (tertiary/aromatic N) is 2. The van der Waals surface area contributed by atoms with Gasteiger partial charge in [-0.2, -0.15) is 0 Å². The second-order valence-corrected chi connectivity index (χ2v) is 5.76. The fraction of sp³-hybridized carbons (Fsp3) is 0.0476. The number of carbonyl (C=O) groups is 1. The minimum Gasteiger partial charge on any atom is -0.344 e. The first-order valence-electron chi connectivity index (χ1n) is 7.85. The second kappa shape index (κ2) is 5.78. The quantitative estimate of drug-likeness (QED) is 0.811. The molecule has 2 heterocycles. The summed E-state index contributed by atoms with van der Waals surface area (Å²) >= 11 is 0. The summed E-state index contributed by atoms with van der Waals surface area (Å²) in [7, 11) is 2.06. The molecule has 1 aromatic heterocycles. The molecular weight excluding hydrogens is 296 g/mol. The van der Waals surface area contributed by atoms with Crippen molar-refractivity contribution in [2.75, 3.05) is 11.9 Å². The van der Waals surface area contributed by atoms with Crippen molar-refractivity contribution in [2.45, 2.75) is 0 Å². The highest BCUT2D eigenvalue weighted by atomic mass is 16.1. The van der Waals surface area contributed by atoms with Gasteiger partial charge in [0.1, 0.15) is 5.69 Å². The number of allylic oxidation sites excluding steroid dienone is 4. The molecule has 3 heteroatoms. The lowest BCUT2D eigenvalue weighted by molar-refractivity contribution is 0.104. The summed E-state index contributed by atoms with van der Waals surface area (Å²) in [6.07, 6.45) is 15.3. The molecule has 2 aliphatic rings. The molecule has 24 heavy (non-hydrogen) atoms. The highest BCUT2D eigenvalue weighted by Crippen LogP contribution is 2.28. The van der Waals surface area contributed by atoms with Gasteiger partial charge in [-0.15, -0.1) is 0 Å². The Labute approximate surface area is 140 Å². The van der Waals surface area contributed by atoms with Gasteiger partial charge in [-0.25, -0.2) is 0 Å². The highest BCUT2D eigenvalue weighted by molar-refractivity contribution is 6.05. The summed E-state index contributed by atoms with van der Waals surface area (Å²) in [6, 6.07) is 10.2. The van der Waals surface area contributed by atoms with Crippen molar-refractivity contribution in [3.8, 4) is 0 Å². The zero-order chi connectivity index (χ0) is 16.5. The van der Waals surface area contributed by atoms with Crippen LogP contribution in [0.1, 0.15) is 16.1 Å². The van der Waals surface area contributed by atoms with Gasteiger partial charge < -0.3 is 4.90 Å². The first-order valence-corrected chi connectivity index (χ1v) is 7.85. The molecule has 0 saturated heterocycles. The number of likely N-dealkylation sites (N-methyl/N-ethyl adjacent to an activating group) is 1. The third-order valence-electron chi connectivity index (χ3n) is 4.32. The molecule has 0 bridgehead atoms. The Morgan fingerprint density at radius 3 is 2.83 bits per heavy atom. The molecule has 116 valence electrons. The molecule has 4 rings (SSSR count). The van der Waals surface area contributed by atoms with Crippen LogP contribution < -0.4 is 15.3 Å². The largest absolute Gasteiger partial charge is 0.344 e. The summed E-state index contributed by atoms with van der Waals surface area (Å²) in [5, 5.41) is 1.87. The Balaban J connectivity index is 1.80. The Hall–Kier alpha value is -3.20. The molecule has 0 spiro atoms. The van der Waals surface area contributed by atoms with Gasteiger partial charge >= 0.3 is 0 Å². The van der Waals surface area contributed by atoms with Crippen LogP contribution in [0.2, 0.25) is 0 Å². The van der Waals surface area contributed by atoms with Crippen LogP contribution >= 0.6 is 0 Å². The molecule has 0 N–H and O–H groups in total. The van der Waals surface area contributed by atoms with Crippen LogP contribution in [0.4, 0.5) is 5.69 Å². The van der Waals surface area contributed by atoms with Crippen LogP contribution in [0.3, 0.4) is 0 Å². The van der Waals surface area contributed by atoms with E-state index in [1.54, 1.807) is 18.3 Å². The third-order valence-corrected chi connectivity index (χ3v) is 4.32. The van der Waals surface area contributed by atoms with Gasteiger partial charge in [0.25, 0.3) is 0 Å². The fourth-order valence-electron chi connectivity index (χ4n) is 3.02. The van der Waals surface area contributed by atoms with Gasteiger partial charge in [0, 0.05) is 29.8 Å². The molecule has 2 aromatic rings. The van der Waals surface area contributed by atoms with E-state index in [-0.39, 0.29) is 5.78 Å². The molecule has 1 aromatic carbocycles. The van der Waals surface area contributed by atoms with Crippen molar-refractivity contribution in [3.63, 3.8) is 0 Å². The molecule has 0 radical (unpaired) electrons. The SMILES string of the molecule is CN1C(=CC=c2ccnc3c2=CC=CC3=O)C=Cc2ccccc21. The van der Waals surface area contributed by atoms with Crippen LogP contribution in [0.15, 0.2) is 66.5 Å². The lowest BCUT2D eigenvalue weighted by atomic mass is 10.1. The number of ketones is 1. The molecule has 1 aliphatic heterocycles. The predicted molar refractivity (Wildman–Crippen MR) is 97.8 cm³/mol. The number of hydrogen-bond donors (Lipinski definition) is 0. The highest BCUT2D eigenvalue weighted by Gasteiger charge is 2.12. The minimum atomic E-state index is -0.0426. The van der Waals surface area contributed by atoms with E-state index in [4.69, 9.17) is 0 Å². The van der Waals surface area contributed by atoms with Gasteiger partial charge in [-0.3, -0.25) is 9.78 Å². The summed E-state index contributed by atoms with van der Waals surface area (Å²) in [5.41, 5.74) is 4.00. The smallest absolute Gasteiger partial charge is 0.204 e. The molecule has 1 aliphatic carbocycles. The van der Waals surface area contributed by atoms with E-state index in [0.29, 0.717) is 5.69 Å². The van der Waals surface area contributed by atoms with Crippen molar-refractivity contribution in [2.24, 2.45) is 0 Å². The maximum Gasteiger partial charge on any atom is 0.204 e. The Kier molecular flexibility index (Phi) is 3.47. The molecule has 0 fully saturated rings. The van der Waals surface area contributed by atoms with E-state index >= 15 is 0 Å². The maximum atomic E-state index is 11.9. The van der Waals surface area contributed by atoms with Crippen LogP contribution in [-0.2, 0) is 0 Å². The van der Waals surface area contributed by atoms with Crippen LogP contribution in [-0.4, -0.2) is 17.8 Å². The van der Waals surface area contributed by atoms with Crippen LogP contribution in [0, 0.1) is 0 Å². The normalized spacial score (nSPS) is 17.7. The molecular formula is C21H16N2O. The molecule has 0 amide bonds. The summed E-state index contributed by atoms with van der Waals surface area (Å²) in [5.74, 6) is -0.0426. The second-order valence-electron chi connectivity index (χ2n) is 5.76. The summed E-state index contributed by atoms with van der Waals surface area (Å²) < 4.78 is 0.